The third-order valence-electron chi connectivity index (χ3n) is 3.24. The molecule has 1 heterocycles. The van der Waals surface area contributed by atoms with Gasteiger partial charge in [0, 0.05) is 11.7 Å². The Kier molecular flexibility index (Phi) is 4.09. The fourth-order valence-corrected chi connectivity index (χ4v) is 3.69. The van der Waals surface area contributed by atoms with E-state index in [1.54, 1.807) is 12.1 Å². The van der Waals surface area contributed by atoms with Crippen LogP contribution in [0.3, 0.4) is 0 Å². The maximum atomic E-state index is 11.9. The molecule has 0 spiro atoms. The fraction of sp³-hybridized carbons (Fsp3) is 0.462. The molecule has 0 unspecified atom stereocenters. The molecular formula is C13H18N2O3S. The summed E-state index contributed by atoms with van der Waals surface area (Å²) >= 11 is 0. The number of hydrogen-bond acceptors (Lipinski definition) is 4. The lowest BCUT2D eigenvalue weighted by Crippen LogP contribution is -2.41. The molecule has 0 radical (unpaired) electrons. The summed E-state index contributed by atoms with van der Waals surface area (Å²) in [7, 11) is -2.88. The number of carbonyl (C=O) groups excluding carboxylic acids is 1. The highest BCUT2D eigenvalue weighted by Gasteiger charge is 2.24. The van der Waals surface area contributed by atoms with E-state index in [1.165, 1.54) is 0 Å². The van der Waals surface area contributed by atoms with Gasteiger partial charge in [0.2, 0.25) is 5.91 Å². The summed E-state index contributed by atoms with van der Waals surface area (Å²) in [5.74, 6) is 0.238. The molecule has 2 rings (SSSR count). The highest BCUT2D eigenvalue weighted by molar-refractivity contribution is 7.91. The number of nitrogens with two attached hydrogens (primary N) is 1. The molecule has 1 amide bonds. The normalized spacial score (nSPS) is 18.9. The average Bonchev–Trinajstić information content (AvgIpc) is 2.32. The predicted molar refractivity (Wildman–Crippen MR) is 74.4 cm³/mol. The molecule has 1 saturated heterocycles. The van der Waals surface area contributed by atoms with Crippen LogP contribution in [0.5, 0.6) is 0 Å². The number of anilines is 1. The van der Waals surface area contributed by atoms with Gasteiger partial charge in [-0.1, -0.05) is 12.1 Å². The van der Waals surface area contributed by atoms with E-state index in [4.69, 9.17) is 5.73 Å². The second kappa shape index (κ2) is 5.61. The Labute approximate surface area is 113 Å². The minimum Gasteiger partial charge on any atom is -0.399 e. The van der Waals surface area contributed by atoms with Crippen molar-refractivity contribution in [2.45, 2.75) is 25.3 Å². The SMILES string of the molecule is Nc1cccc(CC(=O)NC2CCS(=O)(=O)CC2)c1. The minimum atomic E-state index is -2.88. The Hall–Kier alpha value is -1.56. The number of rotatable bonds is 3. The molecule has 1 aliphatic rings. The van der Waals surface area contributed by atoms with E-state index in [9.17, 15) is 13.2 Å². The van der Waals surface area contributed by atoms with Crippen LogP contribution < -0.4 is 11.1 Å². The van der Waals surface area contributed by atoms with Gasteiger partial charge in [-0.3, -0.25) is 4.79 Å². The van der Waals surface area contributed by atoms with Crippen molar-refractivity contribution in [1.29, 1.82) is 0 Å². The molecule has 19 heavy (non-hydrogen) atoms. The van der Waals surface area contributed by atoms with Crippen molar-refractivity contribution < 1.29 is 13.2 Å². The van der Waals surface area contributed by atoms with Crippen LogP contribution in [-0.2, 0) is 21.1 Å². The number of nitrogens with one attached hydrogen (secondary N) is 1. The number of sulfone groups is 1. The van der Waals surface area contributed by atoms with E-state index in [2.05, 4.69) is 5.32 Å². The zero-order chi connectivity index (χ0) is 13.9. The second-order valence-corrected chi connectivity index (χ2v) is 7.22. The van der Waals surface area contributed by atoms with Crippen LogP contribution in [0, 0.1) is 0 Å². The zero-order valence-corrected chi connectivity index (χ0v) is 11.4. The van der Waals surface area contributed by atoms with Crippen molar-refractivity contribution >= 4 is 21.4 Å². The molecule has 1 fully saturated rings. The first-order valence-electron chi connectivity index (χ1n) is 6.29. The second-order valence-electron chi connectivity index (χ2n) is 4.92. The molecule has 1 aromatic carbocycles. The number of amides is 1. The standard InChI is InChI=1S/C13H18N2O3S/c14-11-3-1-2-10(8-11)9-13(16)15-12-4-6-19(17,18)7-5-12/h1-3,8,12H,4-7,9,14H2,(H,15,16). The third kappa shape index (κ3) is 4.24. The van der Waals surface area contributed by atoms with Gasteiger partial charge in [0.15, 0.2) is 0 Å². The van der Waals surface area contributed by atoms with Crippen LogP contribution in [0.1, 0.15) is 18.4 Å². The zero-order valence-electron chi connectivity index (χ0n) is 10.6. The van der Waals surface area contributed by atoms with Gasteiger partial charge in [0.1, 0.15) is 9.84 Å². The van der Waals surface area contributed by atoms with Crippen LogP contribution in [0.25, 0.3) is 0 Å². The Balaban J connectivity index is 1.85. The molecule has 104 valence electrons. The number of nitrogen functional groups attached to an aromatic ring is 1. The summed E-state index contributed by atoms with van der Waals surface area (Å²) in [5, 5.41) is 2.88. The fourth-order valence-electron chi connectivity index (χ4n) is 2.20. The first kappa shape index (κ1) is 13.9. The number of hydrogen-bond donors (Lipinski definition) is 2. The molecular weight excluding hydrogens is 264 g/mol. The molecule has 1 aromatic rings. The number of benzene rings is 1. The van der Waals surface area contributed by atoms with Crippen molar-refractivity contribution in [3.05, 3.63) is 29.8 Å². The smallest absolute Gasteiger partial charge is 0.224 e. The Morgan fingerprint density at radius 3 is 2.63 bits per heavy atom. The molecule has 0 aromatic heterocycles. The van der Waals surface area contributed by atoms with Gasteiger partial charge in [-0.05, 0) is 30.5 Å². The minimum absolute atomic E-state index is 0.0305. The Bertz CT molecular complexity index is 555. The van der Waals surface area contributed by atoms with Gasteiger partial charge in [-0.25, -0.2) is 8.42 Å². The van der Waals surface area contributed by atoms with Crippen molar-refractivity contribution in [3.63, 3.8) is 0 Å². The lowest BCUT2D eigenvalue weighted by Gasteiger charge is -2.23. The maximum Gasteiger partial charge on any atom is 0.224 e. The van der Waals surface area contributed by atoms with E-state index in [0.29, 0.717) is 18.5 Å². The monoisotopic (exact) mass is 282 g/mol. The molecule has 0 bridgehead atoms. The molecule has 0 aliphatic carbocycles. The van der Waals surface area contributed by atoms with Crippen LogP contribution in [-0.4, -0.2) is 31.9 Å². The summed E-state index contributed by atoms with van der Waals surface area (Å²) in [6.45, 7) is 0. The van der Waals surface area contributed by atoms with Gasteiger partial charge in [0.25, 0.3) is 0 Å². The van der Waals surface area contributed by atoms with E-state index in [-0.39, 0.29) is 29.9 Å². The van der Waals surface area contributed by atoms with E-state index >= 15 is 0 Å². The van der Waals surface area contributed by atoms with E-state index in [0.717, 1.165) is 5.56 Å². The Morgan fingerprint density at radius 2 is 2.00 bits per heavy atom. The van der Waals surface area contributed by atoms with Gasteiger partial charge < -0.3 is 11.1 Å². The summed E-state index contributed by atoms with van der Waals surface area (Å²) in [5.41, 5.74) is 7.15. The molecule has 3 N–H and O–H groups in total. The average molecular weight is 282 g/mol. The molecule has 0 saturated carbocycles. The van der Waals surface area contributed by atoms with Crippen molar-refractivity contribution in [1.82, 2.24) is 5.32 Å². The first-order valence-corrected chi connectivity index (χ1v) is 8.11. The van der Waals surface area contributed by atoms with Gasteiger partial charge in [-0.2, -0.15) is 0 Å². The lowest BCUT2D eigenvalue weighted by molar-refractivity contribution is -0.121. The first-order chi connectivity index (χ1) is 8.94. The van der Waals surface area contributed by atoms with Crippen LogP contribution in [0.4, 0.5) is 5.69 Å². The molecule has 6 heteroatoms. The van der Waals surface area contributed by atoms with Gasteiger partial charge >= 0.3 is 0 Å². The summed E-state index contributed by atoms with van der Waals surface area (Å²) in [6, 6.07) is 7.17. The van der Waals surface area contributed by atoms with Crippen molar-refractivity contribution in [3.8, 4) is 0 Å². The molecule has 1 aliphatic heterocycles. The summed E-state index contributed by atoms with van der Waals surface area (Å²) in [4.78, 5) is 11.9. The van der Waals surface area contributed by atoms with Crippen LogP contribution in [0.15, 0.2) is 24.3 Å². The topological polar surface area (TPSA) is 89.3 Å². The maximum absolute atomic E-state index is 11.9. The largest absolute Gasteiger partial charge is 0.399 e. The highest BCUT2D eigenvalue weighted by Crippen LogP contribution is 2.13. The summed E-state index contributed by atoms with van der Waals surface area (Å²) in [6.07, 6.45) is 1.28. The van der Waals surface area contributed by atoms with Gasteiger partial charge in [0.05, 0.1) is 17.9 Å². The number of carbonyl (C=O) groups is 1. The van der Waals surface area contributed by atoms with Crippen molar-refractivity contribution in [2.24, 2.45) is 0 Å². The van der Waals surface area contributed by atoms with Crippen LogP contribution >= 0.6 is 0 Å². The summed E-state index contributed by atoms with van der Waals surface area (Å²) < 4.78 is 22.6. The predicted octanol–water partition coefficient (Wildman–Crippen LogP) is 0.505. The van der Waals surface area contributed by atoms with E-state index < -0.39 is 9.84 Å². The van der Waals surface area contributed by atoms with E-state index in [1.807, 2.05) is 12.1 Å². The Morgan fingerprint density at radius 1 is 1.32 bits per heavy atom. The molecule has 0 atom stereocenters. The third-order valence-corrected chi connectivity index (χ3v) is 4.95. The molecule has 5 nitrogen and oxygen atoms in total. The highest BCUT2D eigenvalue weighted by atomic mass is 32.2. The van der Waals surface area contributed by atoms with Crippen LogP contribution in [0.2, 0.25) is 0 Å². The lowest BCUT2D eigenvalue weighted by atomic mass is 10.1. The van der Waals surface area contributed by atoms with Crippen molar-refractivity contribution in [2.75, 3.05) is 17.2 Å². The van der Waals surface area contributed by atoms with Gasteiger partial charge in [-0.15, -0.1) is 0 Å². The quantitative estimate of drug-likeness (QED) is 0.790.